The smallest absolute Gasteiger partial charge is 0.235 e. The van der Waals surface area contributed by atoms with Gasteiger partial charge in [0, 0.05) is 11.3 Å². The number of carbonyl (C=O) groups excluding carboxylic acids is 1. The lowest BCUT2D eigenvalue weighted by Gasteiger charge is -2.22. The van der Waals surface area contributed by atoms with Crippen molar-refractivity contribution in [3.05, 3.63) is 29.8 Å². The Balaban J connectivity index is 2.13. The van der Waals surface area contributed by atoms with Gasteiger partial charge < -0.3 is 0 Å². The largest absolute Gasteiger partial charge is 0.298 e. The van der Waals surface area contributed by atoms with Crippen LogP contribution in [0, 0.1) is 0 Å². The minimum atomic E-state index is -3.33. The fraction of sp³-hybridized carbons (Fsp3) is 0.462. The van der Waals surface area contributed by atoms with E-state index in [1.807, 2.05) is 0 Å². The number of hydrogen-bond acceptors (Lipinski definition) is 3. The lowest BCUT2D eigenvalue weighted by molar-refractivity contribution is 0.112. The molecule has 0 aliphatic heterocycles. The van der Waals surface area contributed by atoms with E-state index < -0.39 is 10.0 Å². The summed E-state index contributed by atoms with van der Waals surface area (Å²) in [5, 5.41) is -0.300. The first-order chi connectivity index (χ1) is 8.62. The molecule has 0 heterocycles. The lowest BCUT2D eigenvalue weighted by atomic mass is 10.0. The Kier molecular flexibility index (Phi) is 4.01. The molecule has 1 N–H and O–H groups in total. The van der Waals surface area contributed by atoms with Crippen LogP contribution in [0.25, 0.3) is 0 Å². The highest BCUT2D eigenvalue weighted by Gasteiger charge is 2.27. The summed E-state index contributed by atoms with van der Waals surface area (Å²) in [4.78, 5) is 10.6. The van der Waals surface area contributed by atoms with Gasteiger partial charge in [0.05, 0.1) is 5.25 Å². The zero-order chi connectivity index (χ0) is 13.0. The van der Waals surface area contributed by atoms with Crippen molar-refractivity contribution in [3.63, 3.8) is 0 Å². The zero-order valence-corrected chi connectivity index (χ0v) is 10.9. The van der Waals surface area contributed by atoms with Crippen molar-refractivity contribution < 1.29 is 13.2 Å². The third-order valence-corrected chi connectivity index (χ3v) is 5.14. The molecule has 18 heavy (non-hydrogen) atoms. The molecule has 1 fully saturated rings. The molecule has 0 amide bonds. The summed E-state index contributed by atoms with van der Waals surface area (Å²) in [7, 11) is -3.33. The Morgan fingerprint density at radius 3 is 2.56 bits per heavy atom. The molecule has 0 spiro atoms. The Morgan fingerprint density at radius 1 is 1.17 bits per heavy atom. The van der Waals surface area contributed by atoms with Crippen molar-refractivity contribution in [3.8, 4) is 0 Å². The van der Waals surface area contributed by atoms with Gasteiger partial charge in [0.2, 0.25) is 10.0 Å². The standard InChI is InChI=1S/C13H17NO3S/c15-10-11-5-4-6-12(9-11)14-18(16,17)13-7-2-1-3-8-13/h4-6,9-10,13-14H,1-3,7-8H2. The first kappa shape index (κ1) is 13.1. The average Bonchev–Trinajstić information content (AvgIpc) is 2.39. The first-order valence-electron chi connectivity index (χ1n) is 6.19. The van der Waals surface area contributed by atoms with Gasteiger partial charge in [0.25, 0.3) is 0 Å². The van der Waals surface area contributed by atoms with Crippen LogP contribution in [0.5, 0.6) is 0 Å². The van der Waals surface area contributed by atoms with Crippen LogP contribution in [0.15, 0.2) is 24.3 Å². The van der Waals surface area contributed by atoms with Gasteiger partial charge in [-0.15, -0.1) is 0 Å². The normalized spacial score (nSPS) is 17.3. The van der Waals surface area contributed by atoms with Crippen LogP contribution in [0.4, 0.5) is 5.69 Å². The van der Waals surface area contributed by atoms with Crippen molar-refractivity contribution in [2.45, 2.75) is 37.4 Å². The molecule has 1 aromatic rings. The molecule has 1 aliphatic carbocycles. The summed E-state index contributed by atoms with van der Waals surface area (Å²) in [5.74, 6) is 0. The summed E-state index contributed by atoms with van der Waals surface area (Å²) < 4.78 is 26.9. The van der Waals surface area contributed by atoms with Crippen molar-refractivity contribution in [2.75, 3.05) is 4.72 Å². The second-order valence-electron chi connectivity index (χ2n) is 4.65. The Hall–Kier alpha value is -1.36. The van der Waals surface area contributed by atoms with Crippen molar-refractivity contribution in [1.82, 2.24) is 0 Å². The second-order valence-corrected chi connectivity index (χ2v) is 6.61. The van der Waals surface area contributed by atoms with Gasteiger partial charge in [0.15, 0.2) is 0 Å². The number of hydrogen-bond donors (Lipinski definition) is 1. The first-order valence-corrected chi connectivity index (χ1v) is 7.73. The van der Waals surface area contributed by atoms with Gasteiger partial charge in [-0.25, -0.2) is 8.42 Å². The van der Waals surface area contributed by atoms with Gasteiger partial charge in [-0.05, 0) is 25.0 Å². The van der Waals surface area contributed by atoms with Gasteiger partial charge in [0.1, 0.15) is 6.29 Å². The maximum atomic E-state index is 12.2. The van der Waals surface area contributed by atoms with Crippen LogP contribution in [0.3, 0.4) is 0 Å². The third-order valence-electron chi connectivity index (χ3n) is 3.27. The highest BCUT2D eigenvalue weighted by Crippen LogP contribution is 2.25. The molecule has 0 aromatic heterocycles. The minimum Gasteiger partial charge on any atom is -0.298 e. The molecule has 1 saturated carbocycles. The van der Waals surface area contributed by atoms with Crippen molar-refractivity contribution in [1.29, 1.82) is 0 Å². The highest BCUT2D eigenvalue weighted by molar-refractivity contribution is 7.93. The summed E-state index contributed by atoms with van der Waals surface area (Å²) in [6.45, 7) is 0. The van der Waals surface area contributed by atoms with Gasteiger partial charge in [-0.2, -0.15) is 0 Å². The lowest BCUT2D eigenvalue weighted by Crippen LogP contribution is -2.29. The number of carbonyl (C=O) groups is 1. The van der Waals surface area contributed by atoms with E-state index in [9.17, 15) is 13.2 Å². The predicted octanol–water partition coefficient (Wildman–Crippen LogP) is 2.57. The van der Waals surface area contributed by atoms with Crippen LogP contribution >= 0.6 is 0 Å². The number of rotatable bonds is 4. The minimum absolute atomic E-state index is 0.300. The third kappa shape index (κ3) is 3.10. The topological polar surface area (TPSA) is 63.2 Å². The van der Waals surface area contributed by atoms with Crippen molar-refractivity contribution in [2.24, 2.45) is 0 Å². The fourth-order valence-electron chi connectivity index (χ4n) is 2.30. The van der Waals surface area contributed by atoms with E-state index in [1.165, 1.54) is 0 Å². The van der Waals surface area contributed by atoms with E-state index >= 15 is 0 Å². The van der Waals surface area contributed by atoms with E-state index in [-0.39, 0.29) is 5.25 Å². The van der Waals surface area contributed by atoms with Gasteiger partial charge in [-0.1, -0.05) is 31.4 Å². The quantitative estimate of drug-likeness (QED) is 0.853. The fourth-order valence-corrected chi connectivity index (χ4v) is 3.87. The van der Waals surface area contributed by atoms with E-state index in [0.717, 1.165) is 32.1 Å². The number of benzene rings is 1. The molecule has 0 saturated heterocycles. The molecule has 0 radical (unpaired) electrons. The Morgan fingerprint density at radius 2 is 1.89 bits per heavy atom. The molecule has 1 aromatic carbocycles. The molecule has 98 valence electrons. The van der Waals surface area contributed by atoms with E-state index in [1.54, 1.807) is 24.3 Å². The monoisotopic (exact) mass is 267 g/mol. The molecule has 2 rings (SSSR count). The number of sulfonamides is 1. The molecule has 0 bridgehead atoms. The summed E-state index contributed by atoms with van der Waals surface area (Å²) in [6.07, 6.45) is 5.22. The van der Waals surface area contributed by atoms with Crippen LogP contribution < -0.4 is 4.72 Å². The number of nitrogens with one attached hydrogen (secondary N) is 1. The van der Waals surface area contributed by atoms with Crippen LogP contribution in [-0.4, -0.2) is 20.0 Å². The van der Waals surface area contributed by atoms with Gasteiger partial charge >= 0.3 is 0 Å². The molecule has 0 unspecified atom stereocenters. The van der Waals surface area contributed by atoms with Crippen LogP contribution in [0.1, 0.15) is 42.5 Å². The number of anilines is 1. The van der Waals surface area contributed by atoms with E-state index in [2.05, 4.69) is 4.72 Å². The van der Waals surface area contributed by atoms with E-state index in [0.29, 0.717) is 17.5 Å². The van der Waals surface area contributed by atoms with Crippen LogP contribution in [-0.2, 0) is 10.0 Å². The SMILES string of the molecule is O=Cc1cccc(NS(=O)(=O)C2CCCCC2)c1. The van der Waals surface area contributed by atoms with Crippen LogP contribution in [0.2, 0.25) is 0 Å². The maximum absolute atomic E-state index is 12.2. The summed E-state index contributed by atoms with van der Waals surface area (Å²) >= 11 is 0. The molecule has 1 aliphatic rings. The highest BCUT2D eigenvalue weighted by atomic mass is 32.2. The molecule has 4 nitrogen and oxygen atoms in total. The van der Waals surface area contributed by atoms with Gasteiger partial charge in [-0.3, -0.25) is 9.52 Å². The zero-order valence-electron chi connectivity index (χ0n) is 10.1. The molecular weight excluding hydrogens is 250 g/mol. The van der Waals surface area contributed by atoms with Crippen molar-refractivity contribution >= 4 is 22.0 Å². The molecule has 5 heteroatoms. The Bertz CT molecular complexity index is 519. The van der Waals surface area contributed by atoms with E-state index in [4.69, 9.17) is 0 Å². The number of aldehydes is 1. The summed E-state index contributed by atoms with van der Waals surface area (Å²) in [6, 6.07) is 6.52. The summed E-state index contributed by atoms with van der Waals surface area (Å²) in [5.41, 5.74) is 0.934. The molecule has 0 atom stereocenters. The maximum Gasteiger partial charge on any atom is 0.235 e. The second kappa shape index (κ2) is 5.52. The Labute approximate surface area is 107 Å². The average molecular weight is 267 g/mol. The predicted molar refractivity (Wildman–Crippen MR) is 71.2 cm³/mol. The molecular formula is C13H17NO3S.